The van der Waals surface area contributed by atoms with E-state index < -0.39 is 6.04 Å². The fourth-order valence-corrected chi connectivity index (χ4v) is 5.26. The molecular weight excluding hydrogens is 514 g/mol. The smallest absolute Gasteiger partial charge is 0.255 e. The summed E-state index contributed by atoms with van der Waals surface area (Å²) in [6, 6.07) is 22.5. The first-order valence-corrected chi connectivity index (χ1v) is 13.3. The highest BCUT2D eigenvalue weighted by molar-refractivity contribution is 7.98. The molecule has 0 unspecified atom stereocenters. The number of anilines is 2. The monoisotopic (exact) mass is 543 g/mol. The van der Waals surface area contributed by atoms with Crippen molar-refractivity contribution in [2.45, 2.75) is 23.9 Å². The van der Waals surface area contributed by atoms with Crippen LogP contribution in [-0.4, -0.2) is 42.0 Å². The molecule has 0 spiro atoms. The molecule has 0 saturated carbocycles. The van der Waals surface area contributed by atoms with Gasteiger partial charge in [-0.1, -0.05) is 60.3 Å². The lowest BCUT2D eigenvalue weighted by atomic mass is 9.94. The van der Waals surface area contributed by atoms with Gasteiger partial charge in [-0.3, -0.25) is 4.79 Å². The zero-order valence-corrected chi connectivity index (χ0v) is 22.9. The first-order valence-electron chi connectivity index (χ1n) is 12.3. The van der Waals surface area contributed by atoms with Gasteiger partial charge in [0.05, 0.1) is 32.6 Å². The molecule has 2 N–H and O–H groups in total. The molecule has 0 aliphatic carbocycles. The lowest BCUT2D eigenvalue weighted by Crippen LogP contribution is -2.31. The average Bonchev–Trinajstić information content (AvgIpc) is 3.38. The molecule has 4 aromatic rings. The number of carbonyl (C=O) groups is 1. The largest absolute Gasteiger partial charge is 0.495 e. The zero-order chi connectivity index (χ0) is 27.4. The van der Waals surface area contributed by atoms with Crippen LogP contribution in [0.15, 0.2) is 89.2 Å². The predicted octanol–water partition coefficient (Wildman–Crippen LogP) is 5.52. The number of fused-ring (bicyclic) bond motifs is 1. The lowest BCUT2D eigenvalue weighted by Gasteiger charge is -2.29. The number of hydrogen-bond acceptors (Lipinski definition) is 8. The lowest BCUT2D eigenvalue weighted by molar-refractivity contribution is -0.113. The van der Waals surface area contributed by atoms with Crippen molar-refractivity contribution < 1.29 is 19.0 Å². The Morgan fingerprint density at radius 2 is 1.67 bits per heavy atom. The highest BCUT2D eigenvalue weighted by atomic mass is 32.2. The Labute approximate surface area is 231 Å². The number of rotatable bonds is 9. The highest BCUT2D eigenvalue weighted by Crippen LogP contribution is 2.40. The van der Waals surface area contributed by atoms with Crippen LogP contribution in [0, 0.1) is 0 Å². The van der Waals surface area contributed by atoms with Crippen LogP contribution in [0.5, 0.6) is 17.2 Å². The molecule has 39 heavy (non-hydrogen) atoms. The Balaban J connectivity index is 1.54. The fourth-order valence-electron chi connectivity index (χ4n) is 4.48. The second kappa shape index (κ2) is 11.5. The van der Waals surface area contributed by atoms with Crippen LogP contribution in [0.2, 0.25) is 0 Å². The van der Waals surface area contributed by atoms with Crippen LogP contribution in [0.4, 0.5) is 11.6 Å². The Hall–Kier alpha value is -4.44. The van der Waals surface area contributed by atoms with Gasteiger partial charge in [-0.15, -0.1) is 5.10 Å². The van der Waals surface area contributed by atoms with Gasteiger partial charge in [-0.05, 0) is 42.3 Å². The van der Waals surface area contributed by atoms with E-state index in [-0.39, 0.29) is 5.91 Å². The van der Waals surface area contributed by atoms with E-state index in [0.717, 1.165) is 11.3 Å². The minimum Gasteiger partial charge on any atom is -0.495 e. The van der Waals surface area contributed by atoms with Gasteiger partial charge in [-0.2, -0.15) is 4.98 Å². The maximum absolute atomic E-state index is 13.8. The number of allylic oxidation sites excluding steroid dienone is 1. The van der Waals surface area contributed by atoms with E-state index in [9.17, 15) is 4.79 Å². The Morgan fingerprint density at radius 3 is 2.41 bits per heavy atom. The number of amides is 1. The van der Waals surface area contributed by atoms with Crippen LogP contribution >= 0.6 is 11.8 Å². The van der Waals surface area contributed by atoms with E-state index >= 15 is 0 Å². The molecule has 1 atom stereocenters. The third-order valence-corrected chi connectivity index (χ3v) is 7.28. The number of hydrogen-bond donors (Lipinski definition) is 2. The molecule has 5 rings (SSSR count). The van der Waals surface area contributed by atoms with Crippen LogP contribution < -0.4 is 24.8 Å². The number of nitrogens with one attached hydrogen (secondary N) is 2. The van der Waals surface area contributed by atoms with Crippen molar-refractivity contribution in [1.29, 1.82) is 0 Å². The molecule has 1 aromatic heterocycles. The number of para-hydroxylation sites is 2. The summed E-state index contributed by atoms with van der Waals surface area (Å²) >= 11 is 1.53. The number of methoxy groups -OCH3 is 3. The van der Waals surface area contributed by atoms with Gasteiger partial charge in [0, 0.05) is 11.4 Å². The third-order valence-electron chi connectivity index (χ3n) is 6.37. The van der Waals surface area contributed by atoms with Gasteiger partial charge in [-0.25, -0.2) is 4.68 Å². The highest BCUT2D eigenvalue weighted by Gasteiger charge is 2.35. The van der Waals surface area contributed by atoms with Crippen molar-refractivity contribution >= 4 is 29.3 Å². The van der Waals surface area contributed by atoms with E-state index in [1.54, 1.807) is 38.1 Å². The maximum atomic E-state index is 13.8. The molecule has 1 aliphatic rings. The number of thioether (sulfide) groups is 1. The van der Waals surface area contributed by atoms with E-state index in [1.807, 2.05) is 55.5 Å². The second-order valence-electron chi connectivity index (χ2n) is 8.77. The van der Waals surface area contributed by atoms with Gasteiger partial charge < -0.3 is 24.8 Å². The fraction of sp³-hybridized carbons (Fsp3) is 0.207. The number of aromatic nitrogens is 3. The summed E-state index contributed by atoms with van der Waals surface area (Å²) in [5.74, 6) is 2.70. The molecule has 3 aromatic carbocycles. The summed E-state index contributed by atoms with van der Waals surface area (Å²) < 4.78 is 18.2. The van der Waals surface area contributed by atoms with Gasteiger partial charge in [0.2, 0.25) is 11.1 Å². The average molecular weight is 544 g/mol. The molecule has 0 radical (unpaired) electrons. The van der Waals surface area contributed by atoms with Crippen LogP contribution in [0.3, 0.4) is 0 Å². The Kier molecular flexibility index (Phi) is 7.74. The molecule has 200 valence electrons. The van der Waals surface area contributed by atoms with Crippen LogP contribution in [0.1, 0.15) is 24.1 Å². The molecule has 10 heteroatoms. The number of ether oxygens (including phenoxy) is 3. The van der Waals surface area contributed by atoms with Crippen molar-refractivity contribution in [3.8, 4) is 17.2 Å². The quantitative estimate of drug-likeness (QED) is 0.266. The minimum atomic E-state index is -0.575. The second-order valence-corrected chi connectivity index (χ2v) is 9.71. The molecule has 9 nitrogen and oxygen atoms in total. The summed E-state index contributed by atoms with van der Waals surface area (Å²) in [4.78, 5) is 18.6. The first-order chi connectivity index (χ1) is 19.0. The maximum Gasteiger partial charge on any atom is 0.255 e. The third kappa shape index (κ3) is 5.42. The first kappa shape index (κ1) is 26.2. The summed E-state index contributed by atoms with van der Waals surface area (Å²) in [6.07, 6.45) is 0. The Bertz CT molecular complexity index is 1520. The number of nitrogens with zero attached hydrogens (tertiary/aromatic N) is 3. The molecule has 0 saturated heterocycles. The predicted molar refractivity (Wildman–Crippen MR) is 152 cm³/mol. The van der Waals surface area contributed by atoms with E-state index in [0.29, 0.717) is 45.3 Å². The summed E-state index contributed by atoms with van der Waals surface area (Å²) in [5, 5.41) is 11.7. The van der Waals surface area contributed by atoms with Crippen molar-refractivity contribution in [3.05, 3.63) is 95.2 Å². The van der Waals surface area contributed by atoms with Gasteiger partial charge in [0.1, 0.15) is 11.8 Å². The molecule has 1 amide bonds. The van der Waals surface area contributed by atoms with E-state index in [2.05, 4.69) is 22.8 Å². The van der Waals surface area contributed by atoms with Crippen molar-refractivity contribution in [2.75, 3.05) is 32.0 Å². The summed E-state index contributed by atoms with van der Waals surface area (Å²) in [6.45, 7) is 1.86. The summed E-state index contributed by atoms with van der Waals surface area (Å²) in [5.41, 5.74) is 3.70. The number of benzene rings is 3. The summed E-state index contributed by atoms with van der Waals surface area (Å²) in [7, 11) is 4.74. The zero-order valence-electron chi connectivity index (χ0n) is 22.1. The minimum absolute atomic E-state index is 0.288. The van der Waals surface area contributed by atoms with E-state index in [4.69, 9.17) is 24.3 Å². The van der Waals surface area contributed by atoms with Crippen LogP contribution in [0.25, 0.3) is 0 Å². The van der Waals surface area contributed by atoms with Crippen LogP contribution in [-0.2, 0) is 10.5 Å². The topological polar surface area (TPSA) is 99.5 Å². The molecule has 1 aliphatic heterocycles. The normalized spacial score (nSPS) is 14.3. The number of carbonyl (C=O) groups excluding carboxylic acids is 1. The van der Waals surface area contributed by atoms with E-state index in [1.165, 1.54) is 17.3 Å². The van der Waals surface area contributed by atoms with Crippen molar-refractivity contribution in [2.24, 2.45) is 0 Å². The SMILES string of the molecule is COc1ccccc1NC(=O)C1=C(C)Nc2nc(SCc3ccccc3)nn2[C@@H]1c1ccc(OC)c(OC)c1. The molecule has 0 bridgehead atoms. The molecule has 2 heterocycles. The Morgan fingerprint density at radius 1 is 0.949 bits per heavy atom. The van der Waals surface area contributed by atoms with Crippen molar-refractivity contribution in [3.63, 3.8) is 0 Å². The van der Waals surface area contributed by atoms with Gasteiger partial charge in [0.25, 0.3) is 5.91 Å². The van der Waals surface area contributed by atoms with Gasteiger partial charge >= 0.3 is 0 Å². The van der Waals surface area contributed by atoms with Crippen molar-refractivity contribution in [1.82, 2.24) is 14.8 Å². The molecular formula is C29H29N5O4S. The van der Waals surface area contributed by atoms with Gasteiger partial charge in [0.15, 0.2) is 11.5 Å². The standard InChI is InChI=1S/C29H29N5O4S/c1-18-25(27(35)31-21-12-8-9-13-22(21)36-2)26(20-14-15-23(37-3)24(16-20)38-4)34-28(30-18)32-29(33-34)39-17-19-10-6-5-7-11-19/h5-16,26H,17H2,1-4H3,(H,31,35)(H,30,32,33)/t26-/m1/s1. The molecule has 0 fully saturated rings.